The predicted octanol–water partition coefficient (Wildman–Crippen LogP) is 15.1. The fraction of sp³-hybridized carbons (Fsp3) is 0.721. The molecule has 0 bridgehead atoms. The SMILES string of the molecule is CC/C=C\C/C=C\C/C=C\C/C=C\C/C=C\CCCCCCCCCCCCCC(=O)OC(COC(=O)CCCCCCCCC/C=C\C/C=C\CCCCCC)COC(OCC[N+](C)(C)C)C(=O)[O-]. The van der Waals surface area contributed by atoms with Crippen molar-refractivity contribution in [2.45, 2.75) is 238 Å². The van der Waals surface area contributed by atoms with Crippen LogP contribution in [0.15, 0.2) is 85.1 Å². The maximum atomic E-state index is 12.9. The maximum Gasteiger partial charge on any atom is 0.306 e. The minimum absolute atomic E-state index is 0.142. The quantitative estimate of drug-likeness (QED) is 0.0195. The Morgan fingerprint density at radius 1 is 0.443 bits per heavy atom. The van der Waals surface area contributed by atoms with Crippen LogP contribution in [0.25, 0.3) is 0 Å². The number of carboxylic acids is 1. The van der Waals surface area contributed by atoms with Crippen molar-refractivity contribution in [3.05, 3.63) is 85.1 Å². The lowest BCUT2D eigenvalue weighted by molar-refractivity contribution is -0.870. The molecular weight excluding hydrogens is 875 g/mol. The monoisotopic (exact) mass is 980 g/mol. The molecule has 0 aliphatic rings. The summed E-state index contributed by atoms with van der Waals surface area (Å²) in [5.74, 6) is -2.30. The van der Waals surface area contributed by atoms with Crippen LogP contribution in [0, 0.1) is 0 Å². The molecule has 402 valence electrons. The minimum Gasteiger partial charge on any atom is -0.545 e. The van der Waals surface area contributed by atoms with E-state index < -0.39 is 24.3 Å². The molecule has 0 aromatic carbocycles. The summed E-state index contributed by atoms with van der Waals surface area (Å²) in [7, 11) is 5.91. The molecule has 0 heterocycles. The third kappa shape index (κ3) is 52.3. The average molecular weight is 981 g/mol. The number of likely N-dealkylation sites (N-methyl/N-ethyl adjacent to an activating group) is 1. The third-order valence-electron chi connectivity index (χ3n) is 11.9. The van der Waals surface area contributed by atoms with Gasteiger partial charge in [-0.15, -0.1) is 0 Å². The number of carbonyl (C=O) groups excluding carboxylic acids is 3. The van der Waals surface area contributed by atoms with Gasteiger partial charge in [-0.2, -0.15) is 0 Å². The molecule has 0 amide bonds. The van der Waals surface area contributed by atoms with Gasteiger partial charge in [-0.25, -0.2) is 0 Å². The van der Waals surface area contributed by atoms with Gasteiger partial charge in [-0.05, 0) is 89.9 Å². The highest BCUT2D eigenvalue weighted by Gasteiger charge is 2.22. The van der Waals surface area contributed by atoms with Gasteiger partial charge in [0.05, 0.1) is 40.3 Å². The zero-order chi connectivity index (χ0) is 51.3. The Bertz CT molecular complexity index is 1420. The van der Waals surface area contributed by atoms with Crippen LogP contribution in [0.5, 0.6) is 0 Å². The molecule has 9 heteroatoms. The highest BCUT2D eigenvalue weighted by molar-refractivity contribution is 5.70. The van der Waals surface area contributed by atoms with Crippen LogP contribution >= 0.6 is 0 Å². The molecule has 0 aromatic heterocycles. The van der Waals surface area contributed by atoms with Crippen molar-refractivity contribution in [2.75, 3.05) is 47.5 Å². The first-order valence-corrected chi connectivity index (χ1v) is 28.2. The number of esters is 2. The van der Waals surface area contributed by atoms with E-state index in [1.54, 1.807) is 0 Å². The van der Waals surface area contributed by atoms with Crippen LogP contribution in [-0.4, -0.2) is 82.3 Å². The lowest BCUT2D eigenvalue weighted by Crippen LogP contribution is -2.44. The van der Waals surface area contributed by atoms with Crippen molar-refractivity contribution >= 4 is 17.9 Å². The number of carboxylic acid groups (broad SMARTS) is 1. The summed E-state index contributed by atoms with van der Waals surface area (Å²) in [6.45, 7) is 4.61. The molecule has 0 rings (SSSR count). The van der Waals surface area contributed by atoms with Gasteiger partial charge in [0.25, 0.3) is 0 Å². The lowest BCUT2D eigenvalue weighted by Gasteiger charge is -2.26. The molecule has 0 saturated carbocycles. The number of ether oxygens (including phenoxy) is 4. The van der Waals surface area contributed by atoms with Crippen molar-refractivity contribution in [3.63, 3.8) is 0 Å². The fourth-order valence-corrected chi connectivity index (χ4v) is 7.53. The Morgan fingerprint density at radius 3 is 1.21 bits per heavy atom. The number of quaternary nitrogens is 1. The van der Waals surface area contributed by atoms with Crippen molar-refractivity contribution in [1.29, 1.82) is 0 Å². The molecule has 0 aliphatic carbocycles. The van der Waals surface area contributed by atoms with Gasteiger partial charge in [0.1, 0.15) is 13.2 Å². The third-order valence-corrected chi connectivity index (χ3v) is 11.9. The van der Waals surface area contributed by atoms with Gasteiger partial charge in [0.2, 0.25) is 0 Å². The van der Waals surface area contributed by atoms with Gasteiger partial charge in [-0.3, -0.25) is 9.59 Å². The number of unbranched alkanes of at least 4 members (excludes halogenated alkanes) is 22. The summed E-state index contributed by atoms with van der Waals surface area (Å²) in [4.78, 5) is 37.3. The molecule has 2 unspecified atom stereocenters. The zero-order valence-corrected chi connectivity index (χ0v) is 45.6. The second kappa shape index (κ2) is 51.8. The summed E-state index contributed by atoms with van der Waals surface area (Å²) in [5, 5.41) is 11.8. The first-order chi connectivity index (χ1) is 34.1. The maximum absolute atomic E-state index is 12.9. The van der Waals surface area contributed by atoms with Crippen LogP contribution in [-0.2, 0) is 33.3 Å². The number of hydrogen-bond acceptors (Lipinski definition) is 8. The van der Waals surface area contributed by atoms with E-state index >= 15 is 0 Å². The fourth-order valence-electron chi connectivity index (χ4n) is 7.53. The first kappa shape index (κ1) is 66.5. The summed E-state index contributed by atoms with van der Waals surface area (Å²) in [6.07, 6.45) is 64.7. The zero-order valence-electron chi connectivity index (χ0n) is 45.6. The summed E-state index contributed by atoms with van der Waals surface area (Å²) in [6, 6.07) is 0. The number of aliphatic carboxylic acids is 1. The number of nitrogens with zero attached hydrogens (tertiary/aromatic N) is 1. The van der Waals surface area contributed by atoms with Crippen LogP contribution in [0.2, 0.25) is 0 Å². The smallest absolute Gasteiger partial charge is 0.306 e. The van der Waals surface area contributed by atoms with E-state index in [-0.39, 0.29) is 38.6 Å². The number of carbonyl (C=O) groups is 3. The molecular formula is C61H105NO8. The number of hydrogen-bond donors (Lipinski definition) is 0. The van der Waals surface area contributed by atoms with E-state index in [0.29, 0.717) is 17.4 Å². The molecule has 0 fully saturated rings. The molecule has 0 aliphatic heterocycles. The van der Waals surface area contributed by atoms with Crippen molar-refractivity contribution in [2.24, 2.45) is 0 Å². The highest BCUT2D eigenvalue weighted by atomic mass is 16.7. The average Bonchev–Trinajstić information content (AvgIpc) is 3.33. The Hall–Kier alpha value is -3.53. The summed E-state index contributed by atoms with van der Waals surface area (Å²) >= 11 is 0. The number of allylic oxidation sites excluding steroid dienone is 14. The van der Waals surface area contributed by atoms with Crippen molar-refractivity contribution in [3.8, 4) is 0 Å². The molecule has 70 heavy (non-hydrogen) atoms. The molecule has 0 N–H and O–H groups in total. The predicted molar refractivity (Wildman–Crippen MR) is 292 cm³/mol. The van der Waals surface area contributed by atoms with Crippen LogP contribution in [0.1, 0.15) is 226 Å². The van der Waals surface area contributed by atoms with Crippen LogP contribution < -0.4 is 5.11 Å². The standard InChI is InChI=1S/C61H105NO8/c1-6-8-10-12-14-16-18-20-22-24-26-27-28-29-30-31-32-33-34-36-38-40-42-44-46-48-50-52-59(64)70-57(56-69-61(60(65)66)67-54-53-62(3,4)5)55-68-58(63)51-49-47-45-43-41-39-37-35-25-23-21-19-17-15-13-11-9-7-2/h8,10,14,16-17,19-20,22-23,25-27,29-30,57,61H,6-7,9,11-13,15,18,21,24,28,31-56H2,1-5H3/b10-8-,16-14-,19-17-,22-20-,25-23-,27-26-,30-29-. The van der Waals surface area contributed by atoms with Gasteiger partial charge >= 0.3 is 11.9 Å². The van der Waals surface area contributed by atoms with Gasteiger partial charge in [0.15, 0.2) is 12.4 Å². The molecule has 9 nitrogen and oxygen atoms in total. The van der Waals surface area contributed by atoms with E-state index in [9.17, 15) is 19.5 Å². The number of rotatable bonds is 51. The van der Waals surface area contributed by atoms with Crippen molar-refractivity contribution in [1.82, 2.24) is 0 Å². The Labute approximate surface area is 430 Å². The first-order valence-electron chi connectivity index (χ1n) is 28.2. The second-order valence-electron chi connectivity index (χ2n) is 19.8. The lowest BCUT2D eigenvalue weighted by atomic mass is 10.0. The summed E-state index contributed by atoms with van der Waals surface area (Å²) < 4.78 is 22.7. The molecule has 0 spiro atoms. The molecule has 0 saturated heterocycles. The largest absolute Gasteiger partial charge is 0.545 e. The highest BCUT2D eigenvalue weighted by Crippen LogP contribution is 2.15. The Kier molecular flexibility index (Phi) is 49.2. The van der Waals surface area contributed by atoms with E-state index in [0.717, 1.165) is 96.3 Å². The van der Waals surface area contributed by atoms with Gasteiger partial charge < -0.3 is 33.3 Å². The van der Waals surface area contributed by atoms with E-state index in [4.69, 9.17) is 18.9 Å². The van der Waals surface area contributed by atoms with Crippen LogP contribution in [0.4, 0.5) is 0 Å². The van der Waals surface area contributed by atoms with Gasteiger partial charge in [0, 0.05) is 12.8 Å². The summed E-state index contributed by atoms with van der Waals surface area (Å²) in [5.41, 5.74) is 0. The molecule has 0 aromatic rings. The normalized spacial score (nSPS) is 13.4. The second-order valence-corrected chi connectivity index (χ2v) is 19.8. The molecule has 0 radical (unpaired) electrons. The topological polar surface area (TPSA) is 111 Å². The Morgan fingerprint density at radius 2 is 0.814 bits per heavy atom. The van der Waals surface area contributed by atoms with Gasteiger partial charge in [-0.1, -0.05) is 208 Å². The Balaban J connectivity index is 4.28. The van der Waals surface area contributed by atoms with E-state index in [2.05, 4.69) is 98.9 Å². The van der Waals surface area contributed by atoms with Crippen molar-refractivity contribution < 1.29 is 42.9 Å². The molecule has 2 atom stereocenters. The van der Waals surface area contributed by atoms with E-state index in [1.165, 1.54) is 96.3 Å². The van der Waals surface area contributed by atoms with Crippen LogP contribution in [0.3, 0.4) is 0 Å². The minimum atomic E-state index is -1.63. The van der Waals surface area contributed by atoms with E-state index in [1.807, 2.05) is 21.1 Å².